The van der Waals surface area contributed by atoms with Gasteiger partial charge in [-0.3, -0.25) is 0 Å². The number of rotatable bonds is 6. The quantitative estimate of drug-likeness (QED) is 0.354. The highest BCUT2D eigenvalue weighted by Crippen LogP contribution is 2.37. The van der Waals surface area contributed by atoms with Crippen LogP contribution in [0.1, 0.15) is 45.6 Å². The smallest absolute Gasteiger partial charge is 0.0643 e. The van der Waals surface area contributed by atoms with Gasteiger partial charge in [-0.2, -0.15) is 0 Å². The van der Waals surface area contributed by atoms with E-state index in [1.807, 2.05) is 12.4 Å². The fourth-order valence-electron chi connectivity index (χ4n) is 4.45. The molecule has 0 saturated heterocycles. The van der Waals surface area contributed by atoms with Gasteiger partial charge in [0.05, 0.1) is 11.8 Å². The first-order valence-corrected chi connectivity index (χ1v) is 10.3. The van der Waals surface area contributed by atoms with Crippen molar-refractivity contribution < 1.29 is 0 Å². The third-order valence-corrected chi connectivity index (χ3v) is 5.83. The van der Waals surface area contributed by atoms with Crippen LogP contribution in [0.3, 0.4) is 0 Å². The van der Waals surface area contributed by atoms with Gasteiger partial charge in [-0.1, -0.05) is 60.7 Å². The molecule has 0 amide bonds. The first-order chi connectivity index (χ1) is 14.8. The molecule has 2 aromatic carbocycles. The molecular weight excluding hydrogens is 366 g/mol. The molecule has 148 valence electrons. The van der Waals surface area contributed by atoms with Crippen molar-refractivity contribution in [3.63, 3.8) is 0 Å². The van der Waals surface area contributed by atoms with Crippen molar-refractivity contribution in [1.82, 2.24) is 14.5 Å². The van der Waals surface area contributed by atoms with Crippen molar-refractivity contribution in [2.75, 3.05) is 0 Å². The molecule has 0 spiro atoms. The van der Waals surface area contributed by atoms with E-state index in [9.17, 15) is 0 Å². The molecule has 3 aromatic heterocycles. The van der Waals surface area contributed by atoms with Crippen molar-refractivity contribution in [3.05, 3.63) is 143 Å². The molecule has 30 heavy (non-hydrogen) atoms. The van der Waals surface area contributed by atoms with Crippen molar-refractivity contribution >= 4 is 0 Å². The molecule has 0 saturated carbocycles. The van der Waals surface area contributed by atoms with Gasteiger partial charge in [0.25, 0.3) is 0 Å². The molecule has 3 heteroatoms. The van der Waals surface area contributed by atoms with Crippen molar-refractivity contribution in [1.29, 1.82) is 0 Å². The number of H-pyrrole nitrogens is 2. The van der Waals surface area contributed by atoms with Crippen LogP contribution in [0.2, 0.25) is 0 Å². The van der Waals surface area contributed by atoms with Crippen LogP contribution in [0.4, 0.5) is 0 Å². The summed E-state index contributed by atoms with van der Waals surface area (Å²) >= 11 is 0. The lowest BCUT2D eigenvalue weighted by molar-refractivity contribution is 0.781. The van der Waals surface area contributed by atoms with E-state index >= 15 is 0 Å². The van der Waals surface area contributed by atoms with Gasteiger partial charge in [0.1, 0.15) is 0 Å². The van der Waals surface area contributed by atoms with E-state index < -0.39 is 0 Å². The second-order valence-corrected chi connectivity index (χ2v) is 7.75. The zero-order valence-corrected chi connectivity index (χ0v) is 17.0. The van der Waals surface area contributed by atoms with Gasteiger partial charge >= 0.3 is 0 Å². The van der Waals surface area contributed by atoms with Crippen LogP contribution in [0, 0.1) is 0 Å². The average molecular weight is 392 g/mol. The number of aromatic nitrogens is 3. The molecule has 2 atom stereocenters. The number of hydrogen-bond acceptors (Lipinski definition) is 0. The molecule has 2 N–H and O–H groups in total. The fraction of sp³-hybridized carbons (Fsp3) is 0.111. The van der Waals surface area contributed by atoms with E-state index in [0.29, 0.717) is 0 Å². The Hall–Kier alpha value is -3.72. The van der Waals surface area contributed by atoms with E-state index in [0.717, 1.165) is 0 Å². The second kappa shape index (κ2) is 7.96. The third kappa shape index (κ3) is 3.39. The van der Waals surface area contributed by atoms with Crippen LogP contribution >= 0.6 is 0 Å². The first-order valence-electron chi connectivity index (χ1n) is 10.3. The molecule has 5 aromatic rings. The lowest BCUT2D eigenvalue weighted by Crippen LogP contribution is -2.08. The molecule has 2 unspecified atom stereocenters. The summed E-state index contributed by atoms with van der Waals surface area (Å²) in [6, 6.07) is 32.3. The summed E-state index contributed by atoms with van der Waals surface area (Å²) in [6.45, 7) is 0. The summed E-state index contributed by atoms with van der Waals surface area (Å²) in [6.07, 6.45) is 6.27. The van der Waals surface area contributed by atoms with Gasteiger partial charge in [-0.05, 0) is 47.0 Å². The predicted molar refractivity (Wildman–Crippen MR) is 122 cm³/mol. The summed E-state index contributed by atoms with van der Waals surface area (Å²) in [5.41, 5.74) is 7.52. The van der Waals surface area contributed by atoms with Crippen LogP contribution in [0.25, 0.3) is 0 Å². The summed E-state index contributed by atoms with van der Waals surface area (Å²) in [5.74, 6) is 0.321. The average Bonchev–Trinajstić information content (AvgIpc) is 3.55. The number of benzene rings is 2. The molecule has 5 rings (SSSR count). The minimum absolute atomic E-state index is 0.153. The molecular formula is C27H25N3. The molecule has 0 bridgehead atoms. The van der Waals surface area contributed by atoms with Crippen LogP contribution in [-0.2, 0) is 7.05 Å². The summed E-state index contributed by atoms with van der Waals surface area (Å²) < 4.78 is 2.27. The number of nitrogens with one attached hydrogen (secondary N) is 2. The van der Waals surface area contributed by atoms with Gasteiger partial charge in [-0.15, -0.1) is 0 Å². The molecule has 0 fully saturated rings. The summed E-state index contributed by atoms with van der Waals surface area (Å²) in [5, 5.41) is 0. The van der Waals surface area contributed by atoms with E-state index in [4.69, 9.17) is 0 Å². The standard InChI is InChI=1S/C27H25N3/c1-30-19-22(26(23-14-8-16-28-23)20-10-4-2-5-11-20)18-25(30)27(24-15-9-17-29-24)21-12-6-3-7-13-21/h2-19,26-29H,1H3. The van der Waals surface area contributed by atoms with Gasteiger partial charge in [0.2, 0.25) is 0 Å². The summed E-state index contributed by atoms with van der Waals surface area (Å²) in [7, 11) is 2.15. The van der Waals surface area contributed by atoms with Crippen LogP contribution < -0.4 is 0 Å². The fourth-order valence-corrected chi connectivity index (χ4v) is 4.45. The van der Waals surface area contributed by atoms with Crippen molar-refractivity contribution in [3.8, 4) is 0 Å². The maximum Gasteiger partial charge on any atom is 0.0643 e. The van der Waals surface area contributed by atoms with Crippen LogP contribution in [0.5, 0.6) is 0 Å². The van der Waals surface area contributed by atoms with Gasteiger partial charge in [-0.25, -0.2) is 0 Å². The first kappa shape index (κ1) is 18.3. The highest BCUT2D eigenvalue weighted by atomic mass is 14.9. The molecule has 0 radical (unpaired) electrons. The molecule has 3 nitrogen and oxygen atoms in total. The Morgan fingerprint density at radius 1 is 0.600 bits per heavy atom. The van der Waals surface area contributed by atoms with Crippen LogP contribution in [0.15, 0.2) is 110 Å². The summed E-state index contributed by atoms with van der Waals surface area (Å²) in [4.78, 5) is 6.88. The lowest BCUT2D eigenvalue weighted by Gasteiger charge is -2.18. The number of aromatic amines is 2. The van der Waals surface area contributed by atoms with Crippen molar-refractivity contribution in [2.45, 2.75) is 11.8 Å². The molecule has 0 aliphatic rings. The number of hydrogen-bond donors (Lipinski definition) is 2. The Morgan fingerprint density at radius 3 is 1.67 bits per heavy atom. The lowest BCUT2D eigenvalue weighted by atomic mass is 9.88. The van der Waals surface area contributed by atoms with E-state index in [1.54, 1.807) is 0 Å². The highest BCUT2D eigenvalue weighted by molar-refractivity contribution is 5.45. The Labute approximate surface area is 177 Å². The predicted octanol–water partition coefficient (Wildman–Crippen LogP) is 6.04. The maximum absolute atomic E-state index is 3.44. The third-order valence-electron chi connectivity index (χ3n) is 5.83. The maximum atomic E-state index is 3.44. The zero-order valence-electron chi connectivity index (χ0n) is 17.0. The van der Waals surface area contributed by atoms with Crippen molar-refractivity contribution in [2.24, 2.45) is 7.05 Å². The molecule has 0 aliphatic carbocycles. The van der Waals surface area contributed by atoms with Gasteiger partial charge in [0.15, 0.2) is 0 Å². The van der Waals surface area contributed by atoms with E-state index in [-0.39, 0.29) is 11.8 Å². The zero-order chi connectivity index (χ0) is 20.3. The minimum atomic E-state index is 0.153. The Morgan fingerprint density at radius 2 is 1.13 bits per heavy atom. The van der Waals surface area contributed by atoms with E-state index in [1.165, 1.54) is 33.8 Å². The van der Waals surface area contributed by atoms with Gasteiger partial charge in [0, 0.05) is 42.7 Å². The normalized spacial score (nSPS) is 13.2. The van der Waals surface area contributed by atoms with Gasteiger partial charge < -0.3 is 14.5 Å². The monoisotopic (exact) mass is 391 g/mol. The number of aryl methyl sites for hydroxylation is 1. The van der Waals surface area contributed by atoms with Crippen LogP contribution in [-0.4, -0.2) is 14.5 Å². The minimum Gasteiger partial charge on any atom is -0.364 e. The largest absolute Gasteiger partial charge is 0.364 e. The van der Waals surface area contributed by atoms with E-state index in [2.05, 4.69) is 119 Å². The molecule has 0 aliphatic heterocycles. The molecule has 3 heterocycles. The second-order valence-electron chi connectivity index (χ2n) is 7.75. The SMILES string of the molecule is Cn1cc(C(c2ccccc2)c2ccc[nH]2)cc1C(c1ccccc1)c1ccc[nH]1. The number of nitrogens with zero attached hydrogens (tertiary/aromatic N) is 1. The highest BCUT2D eigenvalue weighted by Gasteiger charge is 2.25. The topological polar surface area (TPSA) is 36.5 Å². The Bertz CT molecular complexity index is 1180. The Kier molecular flexibility index (Phi) is 4.86. The Balaban J connectivity index is 1.64.